The molecule has 182 valence electrons. The molecule has 1 fully saturated rings. The molecular formula is C26H24N6O4. The molecule has 1 aliphatic rings. The summed E-state index contributed by atoms with van der Waals surface area (Å²) in [6, 6.07) is 19.6. The highest BCUT2D eigenvalue weighted by Crippen LogP contribution is 2.31. The molecule has 5 rings (SSSR count). The van der Waals surface area contributed by atoms with E-state index in [1.807, 2.05) is 42.5 Å². The van der Waals surface area contributed by atoms with E-state index in [2.05, 4.69) is 20.7 Å². The van der Waals surface area contributed by atoms with Crippen LogP contribution in [0, 0.1) is 0 Å². The van der Waals surface area contributed by atoms with Crippen molar-refractivity contribution >= 4 is 34.3 Å². The topological polar surface area (TPSA) is 118 Å². The molecule has 1 aromatic heterocycles. The van der Waals surface area contributed by atoms with E-state index >= 15 is 0 Å². The van der Waals surface area contributed by atoms with Gasteiger partial charge in [0.15, 0.2) is 0 Å². The quantitative estimate of drug-likeness (QED) is 0.371. The average molecular weight is 485 g/mol. The molecule has 1 aliphatic heterocycles. The zero-order valence-corrected chi connectivity index (χ0v) is 19.5. The Balaban J connectivity index is 1.23. The van der Waals surface area contributed by atoms with Crippen LogP contribution in [0.3, 0.4) is 0 Å². The Hall–Kier alpha value is -4.73. The second-order valence-corrected chi connectivity index (χ2v) is 8.59. The van der Waals surface area contributed by atoms with Gasteiger partial charge in [-0.1, -0.05) is 42.5 Å². The van der Waals surface area contributed by atoms with Crippen molar-refractivity contribution in [1.82, 2.24) is 25.0 Å². The highest BCUT2D eigenvalue weighted by atomic mass is 16.5. The van der Waals surface area contributed by atoms with Gasteiger partial charge in [-0.2, -0.15) is 5.10 Å². The van der Waals surface area contributed by atoms with Gasteiger partial charge in [0.05, 0.1) is 6.54 Å². The highest BCUT2D eigenvalue weighted by molar-refractivity contribution is 6.10. The summed E-state index contributed by atoms with van der Waals surface area (Å²) in [6.45, 7) is 2.13. The predicted molar refractivity (Wildman–Crippen MR) is 132 cm³/mol. The lowest BCUT2D eigenvalue weighted by molar-refractivity contribution is -0.133. The summed E-state index contributed by atoms with van der Waals surface area (Å²) in [5.41, 5.74) is -0.125. The van der Waals surface area contributed by atoms with Crippen LogP contribution in [0.2, 0.25) is 0 Å². The first-order valence-corrected chi connectivity index (χ1v) is 11.4. The van der Waals surface area contributed by atoms with Gasteiger partial charge >= 0.3 is 6.03 Å². The maximum Gasteiger partial charge on any atom is 0.325 e. The monoisotopic (exact) mass is 484 g/mol. The van der Waals surface area contributed by atoms with Crippen molar-refractivity contribution in [2.45, 2.75) is 19.0 Å². The standard InChI is InChI=1S/C26H24N6O4/c1-26(20-10-9-18-5-2-3-6-19(18)13-20)24(34)32(25(35)30-26)15-23(33)29-21-7-4-8-22(14-21)36-12-11-31-17-27-16-28-31/h2-10,13-14,16-17H,11-12,15H2,1H3,(H,29,33)(H,30,35). The molecule has 1 unspecified atom stereocenters. The molecular weight excluding hydrogens is 460 g/mol. The van der Waals surface area contributed by atoms with Crippen molar-refractivity contribution in [3.63, 3.8) is 0 Å². The van der Waals surface area contributed by atoms with E-state index in [1.54, 1.807) is 42.2 Å². The SMILES string of the molecule is CC1(c2ccc3ccccc3c2)NC(=O)N(CC(=O)Nc2cccc(OCCn3cncn3)c2)C1=O. The lowest BCUT2D eigenvalue weighted by Crippen LogP contribution is -2.42. The zero-order chi connectivity index (χ0) is 25.1. The summed E-state index contributed by atoms with van der Waals surface area (Å²) in [5, 5.41) is 11.5. The van der Waals surface area contributed by atoms with Gasteiger partial charge in [-0.15, -0.1) is 0 Å². The van der Waals surface area contributed by atoms with Crippen LogP contribution in [0.1, 0.15) is 12.5 Å². The number of fused-ring (bicyclic) bond motifs is 1. The number of carbonyl (C=O) groups is 3. The van der Waals surface area contributed by atoms with E-state index in [9.17, 15) is 14.4 Å². The van der Waals surface area contributed by atoms with Gasteiger partial charge in [-0.25, -0.2) is 14.5 Å². The van der Waals surface area contributed by atoms with E-state index in [4.69, 9.17) is 4.74 Å². The zero-order valence-electron chi connectivity index (χ0n) is 19.5. The molecule has 0 radical (unpaired) electrons. The first kappa shape index (κ1) is 23.0. The number of urea groups is 1. The summed E-state index contributed by atoms with van der Waals surface area (Å²) in [6.07, 6.45) is 3.05. The van der Waals surface area contributed by atoms with E-state index in [0.29, 0.717) is 30.2 Å². The molecule has 1 atom stereocenters. The lowest BCUT2D eigenvalue weighted by atomic mass is 9.90. The number of rotatable bonds is 8. The van der Waals surface area contributed by atoms with Gasteiger partial charge in [-0.3, -0.25) is 14.5 Å². The normalized spacial score (nSPS) is 17.3. The number of amides is 4. The minimum atomic E-state index is -1.26. The Labute approximate surface area is 206 Å². The Morgan fingerprint density at radius 1 is 1.06 bits per heavy atom. The Morgan fingerprint density at radius 2 is 1.89 bits per heavy atom. The van der Waals surface area contributed by atoms with E-state index in [1.165, 1.54) is 6.33 Å². The fourth-order valence-corrected chi connectivity index (χ4v) is 4.15. The van der Waals surface area contributed by atoms with Crippen LogP contribution >= 0.6 is 0 Å². The van der Waals surface area contributed by atoms with Crippen molar-refractivity contribution in [3.8, 4) is 5.75 Å². The molecule has 3 aromatic carbocycles. The fraction of sp³-hybridized carbons (Fsp3) is 0.192. The largest absolute Gasteiger partial charge is 0.492 e. The van der Waals surface area contributed by atoms with Crippen molar-refractivity contribution in [2.24, 2.45) is 0 Å². The molecule has 2 heterocycles. The number of nitrogens with one attached hydrogen (secondary N) is 2. The van der Waals surface area contributed by atoms with Gasteiger partial charge in [0.1, 0.15) is 37.1 Å². The summed E-state index contributed by atoms with van der Waals surface area (Å²) in [4.78, 5) is 43.5. The van der Waals surface area contributed by atoms with Gasteiger partial charge in [0.2, 0.25) is 5.91 Å². The van der Waals surface area contributed by atoms with Crippen LogP contribution in [0.5, 0.6) is 5.75 Å². The number of imide groups is 1. The van der Waals surface area contributed by atoms with Crippen LogP contribution in [-0.2, 0) is 21.7 Å². The molecule has 0 bridgehead atoms. The molecule has 0 aliphatic carbocycles. The number of hydrogen-bond acceptors (Lipinski definition) is 6. The molecule has 10 nitrogen and oxygen atoms in total. The maximum atomic E-state index is 13.3. The Kier molecular flexibility index (Phi) is 6.07. The number of benzene rings is 3. The minimum Gasteiger partial charge on any atom is -0.492 e. The lowest BCUT2D eigenvalue weighted by Gasteiger charge is -2.22. The molecule has 4 aromatic rings. The molecule has 36 heavy (non-hydrogen) atoms. The van der Waals surface area contributed by atoms with E-state index in [-0.39, 0.29) is 0 Å². The Morgan fingerprint density at radius 3 is 2.69 bits per heavy atom. The van der Waals surface area contributed by atoms with Crippen molar-refractivity contribution in [2.75, 3.05) is 18.5 Å². The van der Waals surface area contributed by atoms with Gasteiger partial charge < -0.3 is 15.4 Å². The van der Waals surface area contributed by atoms with Crippen molar-refractivity contribution < 1.29 is 19.1 Å². The van der Waals surface area contributed by atoms with Crippen molar-refractivity contribution in [1.29, 1.82) is 0 Å². The summed E-state index contributed by atoms with van der Waals surface area (Å²) in [5.74, 6) is -0.420. The molecule has 1 saturated heterocycles. The Bertz CT molecular complexity index is 1440. The third kappa shape index (κ3) is 4.61. The number of hydrogen-bond donors (Lipinski definition) is 2. The molecule has 0 saturated carbocycles. The molecule has 10 heteroatoms. The summed E-state index contributed by atoms with van der Waals surface area (Å²) in [7, 11) is 0. The van der Waals surface area contributed by atoms with Gasteiger partial charge in [0.25, 0.3) is 5.91 Å². The summed E-state index contributed by atoms with van der Waals surface area (Å²) >= 11 is 0. The van der Waals surface area contributed by atoms with Crippen LogP contribution in [-0.4, -0.2) is 50.7 Å². The highest BCUT2D eigenvalue weighted by Gasteiger charge is 2.49. The van der Waals surface area contributed by atoms with E-state index < -0.39 is 29.9 Å². The van der Waals surface area contributed by atoms with Crippen LogP contribution in [0.15, 0.2) is 79.4 Å². The van der Waals surface area contributed by atoms with Gasteiger partial charge in [-0.05, 0) is 41.5 Å². The second-order valence-electron chi connectivity index (χ2n) is 8.59. The van der Waals surface area contributed by atoms with Crippen molar-refractivity contribution in [3.05, 3.63) is 84.9 Å². The predicted octanol–water partition coefficient (Wildman–Crippen LogP) is 2.92. The summed E-state index contributed by atoms with van der Waals surface area (Å²) < 4.78 is 7.36. The number of anilines is 1. The number of ether oxygens (including phenoxy) is 1. The number of carbonyl (C=O) groups excluding carboxylic acids is 3. The number of nitrogens with zero attached hydrogens (tertiary/aromatic N) is 4. The van der Waals surface area contributed by atoms with Gasteiger partial charge in [0, 0.05) is 11.8 Å². The smallest absolute Gasteiger partial charge is 0.325 e. The average Bonchev–Trinajstić information content (AvgIpc) is 3.47. The first-order chi connectivity index (χ1) is 17.4. The molecule has 4 amide bonds. The van der Waals surface area contributed by atoms with E-state index in [0.717, 1.165) is 15.7 Å². The third-order valence-electron chi connectivity index (χ3n) is 6.08. The molecule has 2 N–H and O–H groups in total. The van der Waals surface area contributed by atoms with Crippen LogP contribution in [0.4, 0.5) is 10.5 Å². The first-order valence-electron chi connectivity index (χ1n) is 11.4. The second kappa shape index (κ2) is 9.49. The van der Waals surface area contributed by atoms with Crippen LogP contribution < -0.4 is 15.4 Å². The maximum absolute atomic E-state index is 13.3. The third-order valence-corrected chi connectivity index (χ3v) is 6.08. The minimum absolute atomic E-state index is 0.372. The molecule has 0 spiro atoms. The van der Waals surface area contributed by atoms with Crippen LogP contribution in [0.25, 0.3) is 10.8 Å². The number of aromatic nitrogens is 3. The fourth-order valence-electron chi connectivity index (χ4n) is 4.15.